The Kier molecular flexibility index (Phi) is 7.13. The van der Waals surface area contributed by atoms with Gasteiger partial charge in [0.1, 0.15) is 0 Å². The Morgan fingerprint density at radius 1 is 0.562 bits per heavy atom. The van der Waals surface area contributed by atoms with Crippen LogP contribution in [0.4, 0.5) is 0 Å². The van der Waals surface area contributed by atoms with Crippen molar-refractivity contribution in [2.45, 2.75) is 37.3 Å². The number of hydrogen-bond donors (Lipinski definition) is 2. The van der Waals surface area contributed by atoms with Crippen molar-refractivity contribution in [3.63, 3.8) is 0 Å². The number of rotatable bonds is 3. The monoisotopic (exact) mass is 424 g/mol. The van der Waals surface area contributed by atoms with Crippen molar-refractivity contribution >= 4 is 11.8 Å². The molecule has 2 N–H and O–H groups in total. The van der Waals surface area contributed by atoms with E-state index in [-0.39, 0.29) is 30.3 Å². The number of nitrogens with one attached hydrogen (secondary N) is 2. The van der Waals surface area contributed by atoms with Crippen LogP contribution < -0.4 is 10.6 Å². The van der Waals surface area contributed by atoms with Gasteiger partial charge in [-0.2, -0.15) is 0 Å². The van der Waals surface area contributed by atoms with E-state index in [0.717, 1.165) is 16.7 Å². The zero-order valence-electron chi connectivity index (χ0n) is 18.0. The normalized spacial score (nSPS) is 23.2. The summed E-state index contributed by atoms with van der Waals surface area (Å²) >= 11 is 0. The van der Waals surface area contributed by atoms with Gasteiger partial charge in [-0.15, -0.1) is 0 Å². The summed E-state index contributed by atoms with van der Waals surface area (Å²) in [4.78, 5) is 26.4. The number of carbonyl (C=O) groups excluding carboxylic acids is 2. The summed E-state index contributed by atoms with van der Waals surface area (Å²) in [5, 5.41) is 6.34. The van der Waals surface area contributed by atoms with E-state index in [9.17, 15) is 9.59 Å². The van der Waals surface area contributed by atoms with Crippen LogP contribution in [0.25, 0.3) is 0 Å². The fourth-order valence-electron chi connectivity index (χ4n) is 4.15. The Morgan fingerprint density at radius 3 is 1.50 bits per heavy atom. The van der Waals surface area contributed by atoms with E-state index >= 15 is 0 Å². The first-order valence-electron chi connectivity index (χ1n) is 11.1. The van der Waals surface area contributed by atoms with Crippen LogP contribution in [0.1, 0.15) is 54.0 Å². The minimum Gasteiger partial charge on any atom is -0.349 e. The molecule has 4 rings (SSSR count). The second-order valence-electron chi connectivity index (χ2n) is 8.11. The van der Waals surface area contributed by atoms with Crippen molar-refractivity contribution in [1.29, 1.82) is 0 Å². The average molecular weight is 425 g/mol. The Labute approximate surface area is 189 Å². The first kappa shape index (κ1) is 21.6. The molecular weight excluding hydrogens is 396 g/mol. The lowest BCUT2D eigenvalue weighted by Crippen LogP contribution is -2.37. The maximum Gasteiger partial charge on any atom is 0.228 e. The molecule has 0 unspecified atom stereocenters. The van der Waals surface area contributed by atoms with E-state index in [4.69, 9.17) is 0 Å². The van der Waals surface area contributed by atoms with Crippen molar-refractivity contribution in [3.05, 3.63) is 120 Å². The summed E-state index contributed by atoms with van der Waals surface area (Å²) in [5.41, 5.74) is 2.96. The molecule has 1 aliphatic rings. The number of amides is 2. The summed E-state index contributed by atoms with van der Waals surface area (Å²) in [7, 11) is 0. The second-order valence-corrected chi connectivity index (χ2v) is 8.11. The van der Waals surface area contributed by atoms with Crippen molar-refractivity contribution in [2.24, 2.45) is 0 Å². The standard InChI is InChI=1S/C28H28N2O2/c31-27-20-24(21-12-4-1-5-13-21)28(32)30-26(23-16-8-3-9-17-23)19-11-10-18-25(29-27)22-14-6-2-7-15-22/h1-17,24-26H,18-20H2,(H,29,31)(H,30,32)/b11-10-/t24-,25+,26-/m1/s1. The first-order chi connectivity index (χ1) is 15.7. The molecule has 0 bridgehead atoms. The van der Waals surface area contributed by atoms with Gasteiger partial charge in [-0.25, -0.2) is 0 Å². The molecule has 0 radical (unpaired) electrons. The van der Waals surface area contributed by atoms with Crippen LogP contribution >= 0.6 is 0 Å². The molecule has 3 aromatic carbocycles. The third-order valence-electron chi connectivity index (χ3n) is 5.87. The van der Waals surface area contributed by atoms with Crippen LogP contribution in [-0.4, -0.2) is 11.8 Å². The highest BCUT2D eigenvalue weighted by atomic mass is 16.2. The van der Waals surface area contributed by atoms with E-state index in [1.807, 2.05) is 91.0 Å². The quantitative estimate of drug-likeness (QED) is 0.566. The van der Waals surface area contributed by atoms with Gasteiger partial charge >= 0.3 is 0 Å². The van der Waals surface area contributed by atoms with E-state index in [1.165, 1.54) is 0 Å². The van der Waals surface area contributed by atoms with Crippen LogP contribution in [0.15, 0.2) is 103 Å². The molecule has 4 heteroatoms. The molecule has 32 heavy (non-hydrogen) atoms. The highest BCUT2D eigenvalue weighted by Crippen LogP contribution is 2.26. The highest BCUT2D eigenvalue weighted by molar-refractivity contribution is 5.90. The maximum absolute atomic E-state index is 13.4. The molecule has 0 saturated carbocycles. The summed E-state index contributed by atoms with van der Waals surface area (Å²) in [6.07, 6.45) is 5.67. The van der Waals surface area contributed by atoms with Gasteiger partial charge in [-0.05, 0) is 29.5 Å². The van der Waals surface area contributed by atoms with Gasteiger partial charge in [-0.1, -0.05) is 103 Å². The van der Waals surface area contributed by atoms with Gasteiger partial charge in [0.2, 0.25) is 11.8 Å². The molecule has 0 spiro atoms. The molecule has 3 aromatic rings. The third kappa shape index (κ3) is 5.52. The summed E-state index contributed by atoms with van der Waals surface area (Å²) in [5.74, 6) is -0.819. The minimum absolute atomic E-state index is 0.102. The lowest BCUT2D eigenvalue weighted by molar-refractivity contribution is -0.128. The Bertz CT molecular complexity index is 1050. The van der Waals surface area contributed by atoms with Crippen molar-refractivity contribution in [3.8, 4) is 0 Å². The van der Waals surface area contributed by atoms with Gasteiger partial charge in [0, 0.05) is 6.42 Å². The Balaban J connectivity index is 1.67. The van der Waals surface area contributed by atoms with Gasteiger partial charge < -0.3 is 10.6 Å². The SMILES string of the molecule is O=C1C[C@H](c2ccccc2)C(=O)N[C@@H](c2ccccc2)C/C=C\C[C@@H](c2ccccc2)N1. The maximum atomic E-state index is 13.4. The largest absolute Gasteiger partial charge is 0.349 e. The van der Waals surface area contributed by atoms with Crippen LogP contribution in [-0.2, 0) is 9.59 Å². The fraction of sp³-hybridized carbons (Fsp3) is 0.214. The highest BCUT2D eigenvalue weighted by Gasteiger charge is 2.27. The Morgan fingerprint density at radius 2 is 1.00 bits per heavy atom. The number of carbonyl (C=O) groups is 2. The van der Waals surface area contributed by atoms with Gasteiger partial charge in [-0.3, -0.25) is 9.59 Å². The van der Waals surface area contributed by atoms with Gasteiger partial charge in [0.25, 0.3) is 0 Å². The first-order valence-corrected chi connectivity index (χ1v) is 11.1. The topological polar surface area (TPSA) is 58.2 Å². The molecule has 1 heterocycles. The third-order valence-corrected chi connectivity index (χ3v) is 5.87. The second kappa shape index (κ2) is 10.6. The molecule has 0 aliphatic carbocycles. The molecule has 3 atom stereocenters. The van der Waals surface area contributed by atoms with E-state index in [0.29, 0.717) is 12.8 Å². The van der Waals surface area contributed by atoms with Gasteiger partial charge in [0.15, 0.2) is 0 Å². The van der Waals surface area contributed by atoms with E-state index in [2.05, 4.69) is 22.8 Å². The van der Waals surface area contributed by atoms with E-state index < -0.39 is 5.92 Å². The molecular formula is C28H28N2O2. The number of benzene rings is 3. The van der Waals surface area contributed by atoms with Crippen molar-refractivity contribution in [1.82, 2.24) is 10.6 Å². The molecule has 0 saturated heterocycles. The van der Waals surface area contributed by atoms with Crippen LogP contribution in [0.5, 0.6) is 0 Å². The summed E-state index contributed by atoms with van der Waals surface area (Å²) in [6.45, 7) is 0. The minimum atomic E-state index is -0.553. The molecule has 0 aromatic heterocycles. The molecule has 1 aliphatic heterocycles. The summed E-state index contributed by atoms with van der Waals surface area (Å²) < 4.78 is 0. The molecule has 162 valence electrons. The molecule has 0 fully saturated rings. The van der Waals surface area contributed by atoms with Crippen molar-refractivity contribution < 1.29 is 9.59 Å². The molecule has 2 amide bonds. The molecule has 4 nitrogen and oxygen atoms in total. The van der Waals surface area contributed by atoms with Crippen molar-refractivity contribution in [2.75, 3.05) is 0 Å². The average Bonchev–Trinajstić information content (AvgIpc) is 2.84. The smallest absolute Gasteiger partial charge is 0.228 e. The Hall–Kier alpha value is -3.66. The lowest BCUT2D eigenvalue weighted by atomic mass is 9.92. The van der Waals surface area contributed by atoms with Crippen LogP contribution in [0.2, 0.25) is 0 Å². The van der Waals surface area contributed by atoms with Crippen LogP contribution in [0, 0.1) is 0 Å². The zero-order chi connectivity index (χ0) is 22.2. The predicted octanol–water partition coefficient (Wildman–Crippen LogP) is 5.23. The zero-order valence-corrected chi connectivity index (χ0v) is 18.0. The van der Waals surface area contributed by atoms with E-state index in [1.54, 1.807) is 0 Å². The number of hydrogen-bond acceptors (Lipinski definition) is 2. The van der Waals surface area contributed by atoms with Crippen LogP contribution in [0.3, 0.4) is 0 Å². The predicted molar refractivity (Wildman–Crippen MR) is 127 cm³/mol. The summed E-state index contributed by atoms with van der Waals surface area (Å²) in [6, 6.07) is 29.2. The fourth-order valence-corrected chi connectivity index (χ4v) is 4.15. The lowest BCUT2D eigenvalue weighted by Gasteiger charge is -2.25. The van der Waals surface area contributed by atoms with Gasteiger partial charge in [0.05, 0.1) is 18.0 Å².